The fourth-order valence-corrected chi connectivity index (χ4v) is 4.85. The molecule has 1 saturated carbocycles. The minimum Gasteiger partial charge on any atom is -0.486 e. The van der Waals surface area contributed by atoms with E-state index in [4.69, 9.17) is 13.7 Å². The van der Waals surface area contributed by atoms with Crippen LogP contribution < -0.4 is 9.47 Å². The quantitative estimate of drug-likeness (QED) is 0.559. The van der Waals surface area contributed by atoms with Gasteiger partial charge in [0.25, 0.3) is 10.1 Å². The van der Waals surface area contributed by atoms with Gasteiger partial charge in [-0.2, -0.15) is 8.42 Å². The van der Waals surface area contributed by atoms with Gasteiger partial charge in [-0.3, -0.25) is 0 Å². The summed E-state index contributed by atoms with van der Waals surface area (Å²) >= 11 is 0. The number of ether oxygens (including phenoxy) is 2. The van der Waals surface area contributed by atoms with E-state index in [1.54, 1.807) is 42.5 Å². The minimum atomic E-state index is -4.17. The molecule has 0 amide bonds. The van der Waals surface area contributed by atoms with Gasteiger partial charge in [-0.05, 0) is 30.9 Å². The molecule has 3 unspecified atom stereocenters. The second-order valence-corrected chi connectivity index (χ2v) is 8.54. The van der Waals surface area contributed by atoms with Crippen molar-refractivity contribution >= 4 is 16.1 Å². The van der Waals surface area contributed by atoms with Gasteiger partial charge in [0.1, 0.15) is 11.9 Å². The van der Waals surface area contributed by atoms with Crippen molar-refractivity contribution in [3.63, 3.8) is 0 Å². The number of aliphatic carboxylic acids is 1. The van der Waals surface area contributed by atoms with Crippen molar-refractivity contribution in [3.8, 4) is 11.5 Å². The number of carboxylic acid groups (broad SMARTS) is 1. The van der Waals surface area contributed by atoms with E-state index < -0.39 is 28.1 Å². The molecular weight excluding hydrogens is 384 g/mol. The molecule has 0 spiro atoms. The highest BCUT2D eigenvalue weighted by molar-refractivity contribution is 7.85. The molecule has 7 nitrogen and oxygen atoms in total. The van der Waals surface area contributed by atoms with Crippen LogP contribution in [0.15, 0.2) is 48.5 Å². The Morgan fingerprint density at radius 2 is 1.93 bits per heavy atom. The van der Waals surface area contributed by atoms with Gasteiger partial charge >= 0.3 is 12.3 Å². The Hall–Kier alpha value is -2.58. The van der Waals surface area contributed by atoms with Crippen LogP contribution >= 0.6 is 0 Å². The lowest BCUT2D eigenvalue weighted by Crippen LogP contribution is -2.33. The van der Waals surface area contributed by atoms with Crippen molar-refractivity contribution in [2.45, 2.75) is 43.3 Å². The van der Waals surface area contributed by atoms with Gasteiger partial charge in [-0.15, -0.1) is 0 Å². The number of carboxylic acids is 1. The summed E-state index contributed by atoms with van der Waals surface area (Å²) in [5, 5.41) is 9.42. The zero-order valence-corrected chi connectivity index (χ0v) is 15.8. The fraction of sp³-hybridized carbons (Fsp3) is 0.350. The zero-order chi connectivity index (χ0) is 19.7. The van der Waals surface area contributed by atoms with Crippen LogP contribution in [0.3, 0.4) is 0 Å². The monoisotopic (exact) mass is 404 g/mol. The average molecular weight is 404 g/mol. The van der Waals surface area contributed by atoms with E-state index >= 15 is 0 Å². The third kappa shape index (κ3) is 3.83. The molecule has 28 heavy (non-hydrogen) atoms. The third-order valence-electron chi connectivity index (χ3n) is 4.99. The van der Waals surface area contributed by atoms with Crippen LogP contribution in [-0.4, -0.2) is 31.9 Å². The second-order valence-electron chi connectivity index (χ2n) is 6.94. The minimum absolute atomic E-state index is 0.0609. The van der Waals surface area contributed by atoms with E-state index in [0.29, 0.717) is 11.3 Å². The number of benzene rings is 2. The smallest absolute Gasteiger partial charge is 0.375 e. The maximum absolute atomic E-state index is 12.3. The van der Waals surface area contributed by atoms with Gasteiger partial charge in [0.05, 0.1) is 0 Å². The SMILES string of the molecule is O=C(O)C(Oc1cccc2c1OC1CCCC21)OS(=O)(=O)Cc1ccccc1. The lowest BCUT2D eigenvalue weighted by atomic mass is 9.97. The molecule has 2 aromatic carbocycles. The Labute approximate surface area is 163 Å². The fourth-order valence-electron chi connectivity index (χ4n) is 3.79. The first kappa shape index (κ1) is 18.8. The molecule has 3 atom stereocenters. The van der Waals surface area contributed by atoms with Crippen LogP contribution in [-0.2, 0) is 24.8 Å². The Morgan fingerprint density at radius 1 is 1.14 bits per heavy atom. The van der Waals surface area contributed by atoms with Crippen LogP contribution in [0.4, 0.5) is 0 Å². The predicted octanol–water partition coefficient (Wildman–Crippen LogP) is 3.05. The zero-order valence-electron chi connectivity index (χ0n) is 15.0. The maximum atomic E-state index is 12.3. The molecule has 2 aliphatic rings. The highest BCUT2D eigenvalue weighted by Crippen LogP contribution is 2.50. The lowest BCUT2D eigenvalue weighted by molar-refractivity contribution is -0.158. The molecule has 1 fully saturated rings. The number of hydrogen-bond donors (Lipinski definition) is 1. The summed E-state index contributed by atoms with van der Waals surface area (Å²) < 4.78 is 40.8. The summed E-state index contributed by atoms with van der Waals surface area (Å²) in [6.07, 6.45) is 1.09. The molecule has 1 heterocycles. The molecule has 1 aliphatic carbocycles. The molecule has 8 heteroatoms. The molecule has 2 aromatic rings. The van der Waals surface area contributed by atoms with E-state index in [9.17, 15) is 18.3 Å². The first-order chi connectivity index (χ1) is 13.4. The topological polar surface area (TPSA) is 99.1 Å². The number of carbonyl (C=O) groups is 1. The molecule has 0 radical (unpaired) electrons. The summed E-state index contributed by atoms with van der Waals surface area (Å²) in [7, 11) is -4.17. The Kier molecular flexibility index (Phi) is 4.99. The van der Waals surface area contributed by atoms with Gasteiger partial charge in [0.15, 0.2) is 11.5 Å². The normalized spacial score (nSPS) is 21.4. The molecular formula is C20H20O7S. The standard InChI is InChI=1S/C20H20O7S/c21-19(22)20(27-28(23,24)12-13-6-2-1-3-7-13)26-17-11-5-9-15-14-8-4-10-16(14)25-18(15)17/h1-3,5-7,9,11,14,16,20H,4,8,10,12H2,(H,21,22). The molecule has 1 N–H and O–H groups in total. The van der Waals surface area contributed by atoms with E-state index in [-0.39, 0.29) is 17.8 Å². The highest BCUT2D eigenvalue weighted by atomic mass is 32.2. The molecule has 148 valence electrons. The van der Waals surface area contributed by atoms with Crippen LogP contribution in [0.25, 0.3) is 0 Å². The van der Waals surface area contributed by atoms with Crippen LogP contribution in [0.1, 0.15) is 36.3 Å². The second kappa shape index (κ2) is 7.44. The van der Waals surface area contributed by atoms with Gasteiger partial charge < -0.3 is 14.6 Å². The maximum Gasteiger partial charge on any atom is 0.375 e. The number of para-hydroxylation sites is 1. The van der Waals surface area contributed by atoms with E-state index in [1.807, 2.05) is 6.07 Å². The van der Waals surface area contributed by atoms with Crippen molar-refractivity contribution in [2.24, 2.45) is 0 Å². The number of rotatable bonds is 7. The summed E-state index contributed by atoms with van der Waals surface area (Å²) in [6, 6.07) is 13.6. The van der Waals surface area contributed by atoms with Crippen molar-refractivity contribution in [1.82, 2.24) is 0 Å². The predicted molar refractivity (Wildman–Crippen MR) is 99.7 cm³/mol. The van der Waals surface area contributed by atoms with Gasteiger partial charge in [-0.1, -0.05) is 42.5 Å². The van der Waals surface area contributed by atoms with Crippen molar-refractivity contribution in [2.75, 3.05) is 0 Å². The highest BCUT2D eigenvalue weighted by Gasteiger charge is 2.40. The van der Waals surface area contributed by atoms with E-state index in [1.165, 1.54) is 0 Å². The first-order valence-electron chi connectivity index (χ1n) is 9.07. The summed E-state index contributed by atoms with van der Waals surface area (Å²) in [5.74, 6) is -1.06. The van der Waals surface area contributed by atoms with Gasteiger partial charge in [-0.25, -0.2) is 8.98 Å². The summed E-state index contributed by atoms with van der Waals surface area (Å²) in [5.41, 5.74) is 1.46. The summed E-state index contributed by atoms with van der Waals surface area (Å²) in [4.78, 5) is 11.6. The molecule has 0 bridgehead atoms. The Morgan fingerprint density at radius 3 is 2.68 bits per heavy atom. The molecule has 4 rings (SSSR count). The first-order valence-corrected chi connectivity index (χ1v) is 10.6. The largest absolute Gasteiger partial charge is 0.486 e. The lowest BCUT2D eigenvalue weighted by Gasteiger charge is -2.17. The van der Waals surface area contributed by atoms with Crippen molar-refractivity contribution in [3.05, 3.63) is 59.7 Å². The summed E-state index contributed by atoms with van der Waals surface area (Å²) in [6.45, 7) is 0. The molecule has 1 aliphatic heterocycles. The number of fused-ring (bicyclic) bond motifs is 3. The van der Waals surface area contributed by atoms with Crippen LogP contribution in [0.2, 0.25) is 0 Å². The van der Waals surface area contributed by atoms with Crippen molar-refractivity contribution in [1.29, 1.82) is 0 Å². The van der Waals surface area contributed by atoms with Gasteiger partial charge in [0, 0.05) is 11.5 Å². The van der Waals surface area contributed by atoms with Gasteiger partial charge in [0.2, 0.25) is 0 Å². The Bertz CT molecular complexity index is 971. The van der Waals surface area contributed by atoms with E-state index in [2.05, 4.69) is 0 Å². The molecule has 0 aromatic heterocycles. The van der Waals surface area contributed by atoms with Crippen molar-refractivity contribution < 1.29 is 32.0 Å². The molecule has 0 saturated heterocycles. The van der Waals surface area contributed by atoms with Crippen LogP contribution in [0, 0.1) is 0 Å². The van der Waals surface area contributed by atoms with E-state index in [0.717, 1.165) is 24.8 Å². The number of hydrogen-bond acceptors (Lipinski definition) is 6. The van der Waals surface area contributed by atoms with Crippen LogP contribution in [0.5, 0.6) is 11.5 Å². The Balaban J connectivity index is 1.53. The third-order valence-corrected chi connectivity index (χ3v) is 6.14. The average Bonchev–Trinajstić information content (AvgIpc) is 3.23.